The highest BCUT2D eigenvalue weighted by Crippen LogP contribution is 2.21. The molecule has 0 aromatic heterocycles. The molecule has 1 N–H and O–H groups in total. The third kappa shape index (κ3) is 5.29. The van der Waals surface area contributed by atoms with Gasteiger partial charge in [-0.3, -0.25) is 9.89 Å². The van der Waals surface area contributed by atoms with Gasteiger partial charge in [0.15, 0.2) is 5.96 Å². The molecule has 0 bridgehead atoms. The molecule has 2 saturated heterocycles. The van der Waals surface area contributed by atoms with Crippen LogP contribution >= 0.6 is 24.0 Å². The number of benzene rings is 1. The van der Waals surface area contributed by atoms with E-state index in [9.17, 15) is 4.39 Å². The Balaban J connectivity index is 0.00000243. The van der Waals surface area contributed by atoms with Crippen LogP contribution in [0.3, 0.4) is 0 Å². The fraction of sp³-hybridized carbons (Fsp3) is 0.632. The summed E-state index contributed by atoms with van der Waals surface area (Å²) in [6.07, 6.45) is 3.73. The third-order valence-corrected chi connectivity index (χ3v) is 5.30. The number of rotatable bonds is 5. The summed E-state index contributed by atoms with van der Waals surface area (Å²) in [5.41, 5.74) is 0.961. The van der Waals surface area contributed by atoms with Crippen molar-refractivity contribution in [2.24, 2.45) is 4.99 Å². The Labute approximate surface area is 173 Å². The summed E-state index contributed by atoms with van der Waals surface area (Å²) in [4.78, 5) is 9.39. The monoisotopic (exact) mass is 476 g/mol. The zero-order valence-electron chi connectivity index (χ0n) is 15.7. The van der Waals surface area contributed by atoms with Crippen molar-refractivity contribution in [3.8, 4) is 0 Å². The van der Waals surface area contributed by atoms with Crippen LogP contribution in [0.5, 0.6) is 0 Å². The number of guanidine groups is 1. The van der Waals surface area contributed by atoms with Crippen LogP contribution in [-0.2, 0) is 4.74 Å². The number of nitrogens with zero attached hydrogens (tertiary/aromatic N) is 3. The van der Waals surface area contributed by atoms with E-state index in [-0.39, 0.29) is 35.9 Å². The Morgan fingerprint density at radius 1 is 1.27 bits per heavy atom. The van der Waals surface area contributed by atoms with Gasteiger partial charge in [-0.25, -0.2) is 4.39 Å². The summed E-state index contributed by atoms with van der Waals surface area (Å²) in [6.45, 7) is 5.16. The molecule has 0 saturated carbocycles. The average Bonchev–Trinajstić information content (AvgIpc) is 3.31. The molecule has 2 fully saturated rings. The molecule has 5 nitrogen and oxygen atoms in total. The maximum absolute atomic E-state index is 13.1. The molecule has 1 aromatic rings. The minimum Gasteiger partial charge on any atom is -0.375 e. The van der Waals surface area contributed by atoms with E-state index in [2.05, 4.69) is 20.1 Å². The first-order valence-corrected chi connectivity index (χ1v) is 9.19. The predicted molar refractivity (Wildman–Crippen MR) is 114 cm³/mol. The second kappa shape index (κ2) is 10.4. The lowest BCUT2D eigenvalue weighted by Crippen LogP contribution is -2.44. The maximum Gasteiger partial charge on any atom is 0.193 e. The first kappa shape index (κ1) is 21.4. The summed E-state index contributed by atoms with van der Waals surface area (Å²) >= 11 is 0. The molecule has 2 heterocycles. The zero-order chi connectivity index (χ0) is 17.6. The largest absolute Gasteiger partial charge is 0.375 e. The van der Waals surface area contributed by atoms with Gasteiger partial charge in [0.05, 0.1) is 6.10 Å². The fourth-order valence-electron chi connectivity index (χ4n) is 3.87. The van der Waals surface area contributed by atoms with E-state index in [1.54, 1.807) is 19.2 Å². The van der Waals surface area contributed by atoms with E-state index < -0.39 is 0 Å². The molecule has 146 valence electrons. The summed E-state index contributed by atoms with van der Waals surface area (Å²) < 4.78 is 18.7. The lowest BCUT2D eigenvalue weighted by Gasteiger charge is -2.26. The van der Waals surface area contributed by atoms with Gasteiger partial charge in [0.1, 0.15) is 5.82 Å². The van der Waals surface area contributed by atoms with Crippen LogP contribution in [0.4, 0.5) is 4.39 Å². The van der Waals surface area contributed by atoms with Crippen molar-refractivity contribution < 1.29 is 9.13 Å². The fourth-order valence-corrected chi connectivity index (χ4v) is 3.87. The van der Waals surface area contributed by atoms with Crippen molar-refractivity contribution in [2.45, 2.75) is 31.4 Å². The standard InChI is InChI=1S/C19H29FN4O.HI/c1-21-19(24-12-9-17(14-24)23-10-3-4-11-23)22-13-18(25-2)15-5-7-16(20)8-6-15;/h5-8,17-18H,3-4,9-14H2,1-2H3,(H,21,22);1H. The molecule has 2 atom stereocenters. The highest BCUT2D eigenvalue weighted by molar-refractivity contribution is 14.0. The Kier molecular flexibility index (Phi) is 8.56. The summed E-state index contributed by atoms with van der Waals surface area (Å²) in [6, 6.07) is 7.13. The second-order valence-electron chi connectivity index (χ2n) is 6.84. The molecule has 3 rings (SSSR count). The van der Waals surface area contributed by atoms with Crippen molar-refractivity contribution in [1.29, 1.82) is 0 Å². The molecule has 0 radical (unpaired) electrons. The Bertz CT molecular complexity index is 577. The van der Waals surface area contributed by atoms with Gasteiger partial charge in [0, 0.05) is 39.8 Å². The van der Waals surface area contributed by atoms with Crippen LogP contribution in [0.1, 0.15) is 30.9 Å². The molecule has 2 unspecified atom stereocenters. The molecule has 0 aliphatic carbocycles. The van der Waals surface area contributed by atoms with Crippen molar-refractivity contribution in [3.05, 3.63) is 35.6 Å². The number of hydrogen-bond acceptors (Lipinski definition) is 3. The third-order valence-electron chi connectivity index (χ3n) is 5.30. The highest BCUT2D eigenvalue weighted by atomic mass is 127. The lowest BCUT2D eigenvalue weighted by atomic mass is 10.1. The van der Waals surface area contributed by atoms with E-state index in [1.807, 2.05) is 7.05 Å². The molecule has 2 aliphatic rings. The van der Waals surface area contributed by atoms with Crippen molar-refractivity contribution in [1.82, 2.24) is 15.1 Å². The van der Waals surface area contributed by atoms with Crippen LogP contribution in [0.15, 0.2) is 29.3 Å². The molecular weight excluding hydrogens is 446 g/mol. The van der Waals surface area contributed by atoms with Crippen LogP contribution in [0.25, 0.3) is 0 Å². The van der Waals surface area contributed by atoms with E-state index in [1.165, 1.54) is 44.5 Å². The van der Waals surface area contributed by atoms with E-state index in [0.29, 0.717) is 12.6 Å². The molecule has 26 heavy (non-hydrogen) atoms. The number of likely N-dealkylation sites (tertiary alicyclic amines) is 2. The highest BCUT2D eigenvalue weighted by Gasteiger charge is 2.30. The van der Waals surface area contributed by atoms with Crippen LogP contribution in [0, 0.1) is 5.82 Å². The van der Waals surface area contributed by atoms with Crippen LogP contribution < -0.4 is 5.32 Å². The maximum atomic E-state index is 13.1. The van der Waals surface area contributed by atoms with Gasteiger partial charge < -0.3 is 15.0 Å². The number of hydrogen-bond donors (Lipinski definition) is 1. The second-order valence-corrected chi connectivity index (χ2v) is 6.84. The van der Waals surface area contributed by atoms with Crippen molar-refractivity contribution in [2.75, 3.05) is 46.9 Å². The van der Waals surface area contributed by atoms with Crippen molar-refractivity contribution in [3.63, 3.8) is 0 Å². The zero-order valence-corrected chi connectivity index (χ0v) is 18.0. The SMILES string of the molecule is CN=C(NCC(OC)c1ccc(F)cc1)N1CCC(N2CCCC2)C1.I. The number of ether oxygens (including phenoxy) is 1. The Hall–Kier alpha value is -0.930. The molecule has 7 heteroatoms. The van der Waals surface area contributed by atoms with E-state index >= 15 is 0 Å². The number of nitrogens with one attached hydrogen (secondary N) is 1. The van der Waals surface area contributed by atoms with Crippen molar-refractivity contribution >= 4 is 29.9 Å². The molecule has 0 amide bonds. The smallest absolute Gasteiger partial charge is 0.193 e. The minimum atomic E-state index is -0.229. The molecule has 2 aliphatic heterocycles. The van der Waals surface area contributed by atoms with Crippen LogP contribution in [0.2, 0.25) is 0 Å². The Morgan fingerprint density at radius 3 is 2.58 bits per heavy atom. The number of methoxy groups -OCH3 is 1. The van der Waals surface area contributed by atoms with Gasteiger partial charge in [0.2, 0.25) is 0 Å². The number of halogens is 2. The molecule has 0 spiro atoms. The quantitative estimate of drug-likeness (QED) is 0.403. The van der Waals surface area contributed by atoms with Gasteiger partial charge >= 0.3 is 0 Å². The van der Waals surface area contributed by atoms with Crippen LogP contribution in [-0.4, -0.2) is 68.7 Å². The van der Waals surface area contributed by atoms with Gasteiger partial charge in [-0.2, -0.15) is 0 Å². The normalized spacial score (nSPS) is 22.3. The Morgan fingerprint density at radius 2 is 1.96 bits per heavy atom. The van der Waals surface area contributed by atoms with Gasteiger partial charge in [-0.05, 0) is 50.0 Å². The minimum absolute atomic E-state index is 0. The molecule has 1 aromatic carbocycles. The number of aliphatic imine (C=N–C) groups is 1. The predicted octanol–water partition coefficient (Wildman–Crippen LogP) is 2.88. The summed E-state index contributed by atoms with van der Waals surface area (Å²) in [5, 5.41) is 3.43. The van der Waals surface area contributed by atoms with Gasteiger partial charge in [-0.1, -0.05) is 12.1 Å². The average molecular weight is 476 g/mol. The first-order valence-electron chi connectivity index (χ1n) is 9.19. The van der Waals surface area contributed by atoms with Gasteiger partial charge in [0.25, 0.3) is 0 Å². The van der Waals surface area contributed by atoms with Gasteiger partial charge in [-0.15, -0.1) is 24.0 Å². The first-order chi connectivity index (χ1) is 12.2. The topological polar surface area (TPSA) is 40.1 Å². The van der Waals surface area contributed by atoms with E-state index in [0.717, 1.165) is 24.6 Å². The summed E-state index contributed by atoms with van der Waals surface area (Å²) in [7, 11) is 3.50. The van der Waals surface area contributed by atoms with E-state index in [4.69, 9.17) is 4.74 Å². The lowest BCUT2D eigenvalue weighted by molar-refractivity contribution is 0.106. The summed E-state index contributed by atoms with van der Waals surface area (Å²) in [5.74, 6) is 0.693. The molecular formula is C19H30FIN4O.